The maximum atomic E-state index is 5.49. The van der Waals surface area contributed by atoms with Gasteiger partial charge in [0.1, 0.15) is 5.82 Å². The Kier molecular flexibility index (Phi) is 8.97. The lowest BCUT2D eigenvalue weighted by Crippen LogP contribution is -2.08. The molecule has 0 amide bonds. The van der Waals surface area contributed by atoms with E-state index in [1.807, 2.05) is 18.3 Å². The van der Waals surface area contributed by atoms with Gasteiger partial charge >= 0.3 is 0 Å². The fourth-order valence-corrected chi connectivity index (χ4v) is 1.42. The number of aromatic nitrogens is 1. The predicted octanol–water partition coefficient (Wildman–Crippen LogP) is 2.08. The fraction of sp³-hybridized carbons (Fsp3) is 0.643. The van der Waals surface area contributed by atoms with Gasteiger partial charge in [-0.15, -0.1) is 0 Å². The van der Waals surface area contributed by atoms with Gasteiger partial charge < -0.3 is 19.5 Å². The molecule has 1 aromatic rings. The van der Waals surface area contributed by atoms with Crippen LogP contribution in [0.1, 0.15) is 18.9 Å². The number of methoxy groups -OCH3 is 1. The summed E-state index contributed by atoms with van der Waals surface area (Å²) in [6, 6.07) is 4.00. The van der Waals surface area contributed by atoms with Gasteiger partial charge in [0, 0.05) is 19.9 Å². The molecule has 0 spiro atoms. The smallest absolute Gasteiger partial charge is 0.125 e. The van der Waals surface area contributed by atoms with Gasteiger partial charge in [-0.2, -0.15) is 0 Å². The van der Waals surface area contributed by atoms with E-state index in [1.54, 1.807) is 7.11 Å². The SMILES string of the molecule is CCCNc1ccc(COCCOCCOC)cn1. The lowest BCUT2D eigenvalue weighted by Gasteiger charge is -2.07. The maximum Gasteiger partial charge on any atom is 0.125 e. The number of nitrogens with one attached hydrogen (secondary N) is 1. The van der Waals surface area contributed by atoms with Gasteiger partial charge in [-0.3, -0.25) is 0 Å². The average molecular weight is 268 g/mol. The summed E-state index contributed by atoms with van der Waals surface area (Å²) in [4.78, 5) is 4.32. The third kappa shape index (κ3) is 7.77. The Bertz CT molecular complexity index is 317. The van der Waals surface area contributed by atoms with Crippen LogP contribution < -0.4 is 5.32 Å². The lowest BCUT2D eigenvalue weighted by molar-refractivity contribution is 0.0199. The standard InChI is InChI=1S/C14H24N2O3/c1-3-6-15-14-5-4-13(11-16-14)12-19-10-9-18-8-7-17-2/h4-5,11H,3,6-10,12H2,1-2H3,(H,15,16). The molecule has 0 aliphatic rings. The molecule has 0 aliphatic heterocycles. The summed E-state index contributed by atoms with van der Waals surface area (Å²) in [6.07, 6.45) is 2.93. The van der Waals surface area contributed by atoms with Crippen molar-refractivity contribution < 1.29 is 14.2 Å². The number of pyridine rings is 1. The van der Waals surface area contributed by atoms with E-state index in [-0.39, 0.29) is 0 Å². The third-order valence-electron chi connectivity index (χ3n) is 2.45. The number of hydrogen-bond acceptors (Lipinski definition) is 5. The van der Waals surface area contributed by atoms with Crippen LogP contribution in [0.5, 0.6) is 0 Å². The summed E-state index contributed by atoms with van der Waals surface area (Å²) in [5.41, 5.74) is 1.07. The topological polar surface area (TPSA) is 52.6 Å². The molecule has 1 aromatic heterocycles. The Morgan fingerprint density at radius 3 is 2.58 bits per heavy atom. The zero-order valence-corrected chi connectivity index (χ0v) is 11.9. The highest BCUT2D eigenvalue weighted by Gasteiger charge is 1.96. The summed E-state index contributed by atoms with van der Waals surface area (Å²) in [5, 5.41) is 3.23. The second kappa shape index (κ2) is 10.7. The highest BCUT2D eigenvalue weighted by molar-refractivity contribution is 5.35. The lowest BCUT2D eigenvalue weighted by atomic mass is 10.3. The van der Waals surface area contributed by atoms with E-state index in [9.17, 15) is 0 Å². The Hall–Kier alpha value is -1.17. The number of hydrogen-bond donors (Lipinski definition) is 1. The highest BCUT2D eigenvalue weighted by atomic mass is 16.5. The van der Waals surface area contributed by atoms with Crippen LogP contribution in [0.15, 0.2) is 18.3 Å². The molecule has 1 rings (SSSR count). The summed E-state index contributed by atoms with van der Waals surface area (Å²) >= 11 is 0. The molecule has 1 N–H and O–H groups in total. The molecule has 0 saturated carbocycles. The zero-order chi connectivity index (χ0) is 13.8. The van der Waals surface area contributed by atoms with Crippen LogP contribution in [0, 0.1) is 0 Å². The summed E-state index contributed by atoms with van der Waals surface area (Å²) < 4.78 is 15.7. The van der Waals surface area contributed by atoms with Crippen molar-refractivity contribution in [3.05, 3.63) is 23.9 Å². The van der Waals surface area contributed by atoms with Gasteiger partial charge in [0.25, 0.3) is 0 Å². The largest absolute Gasteiger partial charge is 0.382 e. The van der Waals surface area contributed by atoms with Gasteiger partial charge in [-0.05, 0) is 18.1 Å². The van der Waals surface area contributed by atoms with Crippen molar-refractivity contribution in [3.8, 4) is 0 Å². The second-order valence-corrected chi connectivity index (χ2v) is 4.14. The minimum atomic E-state index is 0.564. The molecule has 0 unspecified atom stereocenters. The number of anilines is 1. The molecule has 5 nitrogen and oxygen atoms in total. The van der Waals surface area contributed by atoms with Crippen molar-refractivity contribution in [2.24, 2.45) is 0 Å². The van der Waals surface area contributed by atoms with Crippen LogP contribution in [0.3, 0.4) is 0 Å². The molecule has 0 bridgehead atoms. The molecule has 0 saturated heterocycles. The van der Waals surface area contributed by atoms with E-state index in [0.717, 1.165) is 24.3 Å². The van der Waals surface area contributed by atoms with E-state index < -0.39 is 0 Å². The van der Waals surface area contributed by atoms with E-state index in [1.165, 1.54) is 0 Å². The molecule has 0 aliphatic carbocycles. The van der Waals surface area contributed by atoms with E-state index in [0.29, 0.717) is 33.0 Å². The van der Waals surface area contributed by atoms with Gasteiger partial charge in [-0.1, -0.05) is 13.0 Å². The Morgan fingerprint density at radius 1 is 1.11 bits per heavy atom. The molecular formula is C14H24N2O3. The predicted molar refractivity (Wildman–Crippen MR) is 75.4 cm³/mol. The molecule has 0 aromatic carbocycles. The first-order valence-corrected chi connectivity index (χ1v) is 6.70. The van der Waals surface area contributed by atoms with E-state index in [2.05, 4.69) is 17.2 Å². The van der Waals surface area contributed by atoms with Crippen molar-refractivity contribution in [3.63, 3.8) is 0 Å². The van der Waals surface area contributed by atoms with Crippen molar-refractivity contribution in [1.29, 1.82) is 0 Å². The normalized spacial score (nSPS) is 10.6. The molecular weight excluding hydrogens is 244 g/mol. The molecule has 0 atom stereocenters. The fourth-order valence-electron chi connectivity index (χ4n) is 1.42. The Morgan fingerprint density at radius 2 is 1.89 bits per heavy atom. The first kappa shape index (κ1) is 15.9. The molecule has 0 fully saturated rings. The number of ether oxygens (including phenoxy) is 3. The molecule has 1 heterocycles. The first-order valence-electron chi connectivity index (χ1n) is 6.70. The quantitative estimate of drug-likeness (QED) is 0.623. The van der Waals surface area contributed by atoms with Gasteiger partial charge in [0.2, 0.25) is 0 Å². The van der Waals surface area contributed by atoms with Crippen LogP contribution >= 0.6 is 0 Å². The highest BCUT2D eigenvalue weighted by Crippen LogP contribution is 2.06. The van der Waals surface area contributed by atoms with E-state index in [4.69, 9.17) is 14.2 Å². The number of rotatable bonds is 11. The maximum absolute atomic E-state index is 5.49. The molecule has 0 radical (unpaired) electrons. The monoisotopic (exact) mass is 268 g/mol. The van der Waals surface area contributed by atoms with Gasteiger partial charge in [0.05, 0.1) is 33.0 Å². The van der Waals surface area contributed by atoms with Gasteiger partial charge in [-0.25, -0.2) is 4.98 Å². The van der Waals surface area contributed by atoms with Crippen LogP contribution in [0.25, 0.3) is 0 Å². The summed E-state index contributed by atoms with van der Waals surface area (Å²) in [7, 11) is 1.66. The van der Waals surface area contributed by atoms with Crippen molar-refractivity contribution in [1.82, 2.24) is 4.98 Å². The zero-order valence-electron chi connectivity index (χ0n) is 11.9. The van der Waals surface area contributed by atoms with E-state index >= 15 is 0 Å². The second-order valence-electron chi connectivity index (χ2n) is 4.14. The molecule has 5 heteroatoms. The summed E-state index contributed by atoms with van der Waals surface area (Å²) in [6.45, 7) is 6.04. The number of nitrogens with zero attached hydrogens (tertiary/aromatic N) is 1. The molecule has 108 valence electrons. The van der Waals surface area contributed by atoms with Crippen LogP contribution in [-0.2, 0) is 20.8 Å². The van der Waals surface area contributed by atoms with Crippen LogP contribution in [-0.4, -0.2) is 45.1 Å². The van der Waals surface area contributed by atoms with Crippen molar-refractivity contribution >= 4 is 5.82 Å². The third-order valence-corrected chi connectivity index (χ3v) is 2.45. The van der Waals surface area contributed by atoms with Crippen LogP contribution in [0.2, 0.25) is 0 Å². The Labute approximate surface area is 115 Å². The molecule has 19 heavy (non-hydrogen) atoms. The van der Waals surface area contributed by atoms with Crippen molar-refractivity contribution in [2.45, 2.75) is 20.0 Å². The van der Waals surface area contributed by atoms with Crippen molar-refractivity contribution in [2.75, 3.05) is 45.4 Å². The average Bonchev–Trinajstić information content (AvgIpc) is 2.45. The summed E-state index contributed by atoms with van der Waals surface area (Å²) in [5.74, 6) is 0.911. The minimum Gasteiger partial charge on any atom is -0.382 e. The first-order chi connectivity index (χ1) is 9.36. The van der Waals surface area contributed by atoms with Gasteiger partial charge in [0.15, 0.2) is 0 Å². The van der Waals surface area contributed by atoms with Crippen LogP contribution in [0.4, 0.5) is 5.82 Å². The minimum absolute atomic E-state index is 0.564. The Balaban J connectivity index is 2.09.